The van der Waals surface area contributed by atoms with Gasteiger partial charge in [-0.3, -0.25) is 9.59 Å². The number of aliphatic hydroxyl groups is 2. The fourth-order valence-electron chi connectivity index (χ4n) is 5.73. The normalized spacial score (nSPS) is 32.6. The predicted molar refractivity (Wildman–Crippen MR) is 93.1 cm³/mol. The first kappa shape index (κ1) is 20.7. The molecule has 4 atom stereocenters. The topological polar surface area (TPSA) is 146 Å². The van der Waals surface area contributed by atoms with Gasteiger partial charge < -0.3 is 29.2 Å². The van der Waals surface area contributed by atoms with Gasteiger partial charge in [-0.25, -0.2) is 9.59 Å². The minimum Gasteiger partial charge on any atom is -0.511 e. The van der Waals surface area contributed by atoms with Crippen LogP contribution in [0.15, 0.2) is 22.7 Å². The predicted octanol–water partition coefficient (Wildman–Crippen LogP) is 0.719. The molecule has 29 heavy (non-hydrogen) atoms. The molecule has 2 unspecified atom stereocenters. The van der Waals surface area contributed by atoms with Crippen molar-refractivity contribution in [2.75, 3.05) is 28.4 Å². The highest BCUT2D eigenvalue weighted by Gasteiger charge is 2.81. The minimum atomic E-state index is -1.62. The van der Waals surface area contributed by atoms with E-state index < -0.39 is 58.1 Å². The summed E-state index contributed by atoms with van der Waals surface area (Å²) >= 11 is 0. The lowest BCUT2D eigenvalue weighted by molar-refractivity contribution is -0.157. The van der Waals surface area contributed by atoms with Crippen LogP contribution in [0, 0.1) is 22.7 Å². The molecule has 0 radical (unpaired) electrons. The molecule has 0 aliphatic heterocycles. The van der Waals surface area contributed by atoms with Crippen LogP contribution in [0.4, 0.5) is 0 Å². The first-order chi connectivity index (χ1) is 13.7. The zero-order valence-corrected chi connectivity index (χ0v) is 16.4. The quantitative estimate of drug-likeness (QED) is 0.502. The number of rotatable bonds is 4. The second-order valence-corrected chi connectivity index (χ2v) is 7.21. The Morgan fingerprint density at radius 1 is 0.724 bits per heavy atom. The van der Waals surface area contributed by atoms with Crippen LogP contribution in [0.2, 0.25) is 0 Å². The Labute approximate surface area is 166 Å². The zero-order valence-electron chi connectivity index (χ0n) is 16.4. The molecular weight excluding hydrogens is 388 g/mol. The van der Waals surface area contributed by atoms with Gasteiger partial charge in [0.25, 0.3) is 0 Å². The highest BCUT2D eigenvalue weighted by molar-refractivity contribution is 6.03. The molecule has 0 spiro atoms. The van der Waals surface area contributed by atoms with Crippen molar-refractivity contribution >= 4 is 23.9 Å². The Morgan fingerprint density at radius 3 is 1.34 bits per heavy atom. The number of hydrogen-bond acceptors (Lipinski definition) is 10. The van der Waals surface area contributed by atoms with Gasteiger partial charge >= 0.3 is 23.9 Å². The van der Waals surface area contributed by atoms with Crippen molar-refractivity contribution < 1.29 is 48.3 Å². The molecule has 3 aliphatic carbocycles. The largest absolute Gasteiger partial charge is 0.511 e. The number of esters is 4. The summed E-state index contributed by atoms with van der Waals surface area (Å²) in [6.45, 7) is 0. The van der Waals surface area contributed by atoms with Crippen LogP contribution in [0.3, 0.4) is 0 Å². The van der Waals surface area contributed by atoms with Crippen LogP contribution in [0.1, 0.15) is 19.3 Å². The van der Waals surface area contributed by atoms with Gasteiger partial charge in [0.05, 0.1) is 39.6 Å². The molecule has 1 fully saturated rings. The molecule has 0 aromatic carbocycles. The smallest absolute Gasteiger partial charge is 0.337 e. The molecule has 10 heteroatoms. The van der Waals surface area contributed by atoms with Crippen molar-refractivity contribution in [3.8, 4) is 0 Å². The number of ether oxygens (including phenoxy) is 4. The lowest BCUT2D eigenvalue weighted by atomic mass is 9.58. The number of carbonyl (C=O) groups is 4. The van der Waals surface area contributed by atoms with Crippen LogP contribution < -0.4 is 0 Å². The fourth-order valence-corrected chi connectivity index (χ4v) is 5.73. The molecule has 0 aromatic heterocycles. The first-order valence-electron chi connectivity index (χ1n) is 8.90. The molecule has 10 nitrogen and oxygen atoms in total. The van der Waals surface area contributed by atoms with E-state index >= 15 is 0 Å². The van der Waals surface area contributed by atoms with Gasteiger partial charge in [0.1, 0.15) is 23.4 Å². The number of methoxy groups -OCH3 is 4. The summed E-state index contributed by atoms with van der Waals surface area (Å²) in [5.41, 5.74) is -3.92. The Bertz CT molecular complexity index is 798. The molecule has 3 rings (SSSR count). The van der Waals surface area contributed by atoms with E-state index in [2.05, 4.69) is 0 Å². The van der Waals surface area contributed by atoms with E-state index in [9.17, 15) is 29.4 Å². The van der Waals surface area contributed by atoms with Crippen LogP contribution >= 0.6 is 0 Å². The number of aliphatic hydroxyl groups excluding tert-OH is 2. The van der Waals surface area contributed by atoms with Crippen molar-refractivity contribution in [3.63, 3.8) is 0 Å². The Morgan fingerprint density at radius 2 is 1.07 bits per heavy atom. The summed E-state index contributed by atoms with van der Waals surface area (Å²) in [7, 11) is 4.34. The zero-order chi connectivity index (χ0) is 21.7. The number of carbonyl (C=O) groups excluding carboxylic acids is 4. The van der Waals surface area contributed by atoms with Gasteiger partial charge in [-0.05, 0) is 12.8 Å². The monoisotopic (exact) mass is 410 g/mol. The Balaban J connectivity index is 2.45. The molecule has 3 aliphatic rings. The van der Waals surface area contributed by atoms with Crippen molar-refractivity contribution in [1.82, 2.24) is 0 Å². The van der Waals surface area contributed by atoms with Crippen molar-refractivity contribution in [2.45, 2.75) is 19.3 Å². The van der Waals surface area contributed by atoms with Crippen LogP contribution in [0.5, 0.6) is 0 Å². The maximum atomic E-state index is 12.7. The van der Waals surface area contributed by atoms with Gasteiger partial charge in [0.15, 0.2) is 0 Å². The summed E-state index contributed by atoms with van der Waals surface area (Å²) in [5, 5.41) is 21.9. The molecule has 158 valence electrons. The summed E-state index contributed by atoms with van der Waals surface area (Å²) in [5.74, 6) is -8.11. The second kappa shape index (κ2) is 6.78. The Hall–Kier alpha value is -3.04. The van der Waals surface area contributed by atoms with Crippen LogP contribution in [-0.2, 0) is 38.1 Å². The van der Waals surface area contributed by atoms with Gasteiger partial charge in [0, 0.05) is 10.8 Å². The molecule has 0 heterocycles. The highest BCUT2D eigenvalue weighted by atomic mass is 16.5. The van der Waals surface area contributed by atoms with E-state index in [4.69, 9.17) is 18.9 Å². The second-order valence-electron chi connectivity index (χ2n) is 7.21. The molecule has 0 saturated heterocycles. The molecule has 0 bridgehead atoms. The summed E-state index contributed by atoms with van der Waals surface area (Å²) in [4.78, 5) is 50.9. The van der Waals surface area contributed by atoms with E-state index in [0.717, 1.165) is 28.4 Å². The Kier molecular flexibility index (Phi) is 4.84. The highest BCUT2D eigenvalue weighted by Crippen LogP contribution is 2.77. The van der Waals surface area contributed by atoms with Crippen LogP contribution in [-0.4, -0.2) is 62.5 Å². The van der Waals surface area contributed by atoms with Gasteiger partial charge in [-0.1, -0.05) is 6.42 Å². The van der Waals surface area contributed by atoms with Crippen molar-refractivity contribution in [3.05, 3.63) is 22.7 Å². The lowest BCUT2D eigenvalue weighted by Gasteiger charge is -2.41. The minimum absolute atomic E-state index is 0.110. The van der Waals surface area contributed by atoms with Gasteiger partial charge in [-0.15, -0.1) is 0 Å². The van der Waals surface area contributed by atoms with E-state index in [1.165, 1.54) is 0 Å². The van der Waals surface area contributed by atoms with E-state index in [1.54, 1.807) is 0 Å². The van der Waals surface area contributed by atoms with Crippen LogP contribution in [0.25, 0.3) is 0 Å². The average Bonchev–Trinajstić information content (AvgIpc) is 3.23. The van der Waals surface area contributed by atoms with Crippen molar-refractivity contribution in [1.29, 1.82) is 0 Å². The van der Waals surface area contributed by atoms with E-state index in [-0.39, 0.29) is 24.0 Å². The van der Waals surface area contributed by atoms with E-state index in [0.29, 0.717) is 6.42 Å². The van der Waals surface area contributed by atoms with E-state index in [1.807, 2.05) is 0 Å². The third-order valence-electron chi connectivity index (χ3n) is 6.53. The van der Waals surface area contributed by atoms with Crippen molar-refractivity contribution in [2.24, 2.45) is 22.7 Å². The third-order valence-corrected chi connectivity index (χ3v) is 6.53. The van der Waals surface area contributed by atoms with Gasteiger partial charge in [-0.2, -0.15) is 0 Å². The SMILES string of the molecule is COC(=O)C1=C(O)C(C(=O)OC)[C@@]23CCC[C@@]12C(C(=O)OC)C(O)=C3C(=O)OC. The molecule has 1 saturated carbocycles. The maximum absolute atomic E-state index is 12.7. The third kappa shape index (κ3) is 2.16. The first-order valence-corrected chi connectivity index (χ1v) is 8.90. The number of hydrogen-bond donors (Lipinski definition) is 2. The molecule has 0 amide bonds. The summed E-state index contributed by atoms with van der Waals surface area (Å²) < 4.78 is 19.3. The fraction of sp³-hybridized carbons (Fsp3) is 0.579. The molecule has 0 aromatic rings. The standard InChI is InChI=1S/C19H22O10/c1-26-14(22)8-12(20)9(15(23)27-2)19-7-5-6-18(8,19)10(16(24)28-3)13(21)11(19)17(25)29-4/h8,11,20-21H,5-7H2,1-4H3/t8?,11?,18-,19+/m1/s1. The summed E-state index contributed by atoms with van der Waals surface area (Å²) in [6, 6.07) is 0. The van der Waals surface area contributed by atoms with Gasteiger partial charge in [0.2, 0.25) is 0 Å². The molecule has 2 N–H and O–H groups in total. The lowest BCUT2D eigenvalue weighted by Crippen LogP contribution is -2.48. The maximum Gasteiger partial charge on any atom is 0.337 e. The average molecular weight is 410 g/mol. The molecular formula is C19H22O10. The summed E-state index contributed by atoms with van der Waals surface area (Å²) in [6.07, 6.45) is 0.612.